The fourth-order valence-electron chi connectivity index (χ4n) is 5.53. The van der Waals surface area contributed by atoms with Crippen LogP contribution in [0.25, 0.3) is 0 Å². The maximum Gasteiger partial charge on any atom is 0.251 e. The average molecular weight is 1070 g/mol. The average Bonchev–Trinajstić information content (AvgIpc) is 3.27. The predicted octanol–water partition coefficient (Wildman–Crippen LogP) is 6.65. The SMILES string of the molecule is CC(C)NC(=O)/C=C/C(=O)NC(C)C.CC(C)NC(=O)/C=C\C(=O)NC(C)C.CC(C)NC(=O)CCC(=O)NC(C)C.CC(C)NC(=O)c1ccc(C(=O)NC(C)C)cc1.CC(C)NCc1ccc(CNC(C)C)cc1. The molecule has 18 heteroatoms. The second-order valence-corrected chi connectivity index (χ2v) is 21.0. The van der Waals surface area contributed by atoms with E-state index < -0.39 is 0 Å². The number of benzene rings is 2. The van der Waals surface area contributed by atoms with Gasteiger partial charge in [-0.3, -0.25) is 38.4 Å². The van der Waals surface area contributed by atoms with Crippen LogP contribution >= 0.6 is 0 Å². The molecule has 10 N–H and O–H groups in total. The van der Waals surface area contributed by atoms with Crippen LogP contribution in [0.1, 0.15) is 183 Å². The van der Waals surface area contributed by atoms with Crippen LogP contribution in [-0.4, -0.2) is 108 Å². The Morgan fingerprint density at radius 2 is 0.513 bits per heavy atom. The molecule has 0 fully saturated rings. The highest BCUT2D eigenvalue weighted by atomic mass is 16.2. The minimum atomic E-state index is -0.251. The molecule has 0 atom stereocenters. The Morgan fingerprint density at radius 1 is 0.303 bits per heavy atom. The van der Waals surface area contributed by atoms with Gasteiger partial charge in [0, 0.05) is 122 Å². The van der Waals surface area contributed by atoms with Gasteiger partial charge in [0.05, 0.1) is 0 Å². The highest BCUT2D eigenvalue weighted by Crippen LogP contribution is 2.07. The summed E-state index contributed by atoms with van der Waals surface area (Å²) in [6, 6.07) is 17.3. The van der Waals surface area contributed by atoms with E-state index in [9.17, 15) is 38.4 Å². The molecular weight excluding hydrogens is 965 g/mol. The van der Waals surface area contributed by atoms with Crippen LogP contribution in [0.15, 0.2) is 72.8 Å². The third-order valence-corrected chi connectivity index (χ3v) is 8.68. The summed E-state index contributed by atoms with van der Waals surface area (Å²) in [5.74, 6) is -1.39. The van der Waals surface area contributed by atoms with Crippen LogP contribution in [0.4, 0.5) is 0 Å². The molecule has 0 radical (unpaired) electrons. The van der Waals surface area contributed by atoms with Gasteiger partial charge in [0.15, 0.2) is 0 Å². The van der Waals surface area contributed by atoms with Gasteiger partial charge in [-0.2, -0.15) is 0 Å². The second kappa shape index (κ2) is 42.8. The lowest BCUT2D eigenvalue weighted by Crippen LogP contribution is -2.33. The van der Waals surface area contributed by atoms with E-state index in [1.54, 1.807) is 24.3 Å². The number of amides is 8. The zero-order chi connectivity index (χ0) is 59.1. The topological polar surface area (TPSA) is 257 Å². The van der Waals surface area contributed by atoms with E-state index >= 15 is 0 Å². The lowest BCUT2D eigenvalue weighted by Gasteiger charge is -2.10. The predicted molar refractivity (Wildman–Crippen MR) is 309 cm³/mol. The normalized spacial score (nSPS) is 10.9. The molecule has 0 bridgehead atoms. The monoisotopic (exact) mass is 1060 g/mol. The fourth-order valence-corrected chi connectivity index (χ4v) is 5.53. The molecule has 0 aliphatic carbocycles. The van der Waals surface area contributed by atoms with Gasteiger partial charge in [0.25, 0.3) is 11.8 Å². The standard InChI is InChI=1S/C14H20N2O2.C14H24N2.C10H20N2O2.2C10H18N2O2/c1-9(2)15-13(17)11-5-7-12(8-6-11)14(18)16-10(3)4;1-11(2)15-9-13-5-7-14(8-6-13)10-16-12(3)4;3*1-7(2)11-9(13)5-6-10(14)12-8(3)4/h5-10H,1-4H3,(H,15,17)(H,16,18);5-8,11-12,15-16H,9-10H2,1-4H3;7-8H,5-6H2,1-4H3,(H,11,13)(H,12,14);2*5-8H,1-4H3,(H,11,13)(H,12,14)/b;;;6-5+;6-5-. The maximum atomic E-state index is 11.7. The summed E-state index contributed by atoms with van der Waals surface area (Å²) in [7, 11) is 0. The third kappa shape index (κ3) is 48.5. The van der Waals surface area contributed by atoms with Crippen molar-refractivity contribution in [2.45, 2.75) is 225 Å². The van der Waals surface area contributed by atoms with Gasteiger partial charge in [-0.05, 0) is 146 Å². The van der Waals surface area contributed by atoms with E-state index in [0.29, 0.717) is 23.2 Å². The summed E-state index contributed by atoms with van der Waals surface area (Å²) in [6.45, 7) is 40.7. The molecule has 0 heterocycles. The molecule has 18 nitrogen and oxygen atoms in total. The highest BCUT2D eigenvalue weighted by molar-refractivity contribution is 5.98. The zero-order valence-electron chi connectivity index (χ0n) is 49.8. The molecule has 0 spiro atoms. The molecule has 0 unspecified atom stereocenters. The van der Waals surface area contributed by atoms with E-state index in [1.165, 1.54) is 35.4 Å². The Bertz CT molecular complexity index is 1850. The number of rotatable bonds is 23. The molecule has 76 heavy (non-hydrogen) atoms. The Hall–Kier alpha value is -6.40. The summed E-state index contributed by atoms with van der Waals surface area (Å²) in [4.78, 5) is 90.0. The summed E-state index contributed by atoms with van der Waals surface area (Å²) in [5, 5.41) is 28.5. The Kier molecular flexibility index (Phi) is 41.6. The Balaban J connectivity index is -0.000000880. The molecule has 0 aliphatic heterocycles. The van der Waals surface area contributed by atoms with Crippen molar-refractivity contribution < 1.29 is 38.4 Å². The van der Waals surface area contributed by atoms with E-state index in [-0.39, 0.29) is 108 Å². The minimum Gasteiger partial charge on any atom is -0.354 e. The van der Waals surface area contributed by atoms with Gasteiger partial charge in [-0.15, -0.1) is 0 Å². The molecule has 8 amide bonds. The minimum absolute atomic E-state index is 0.0705. The van der Waals surface area contributed by atoms with Gasteiger partial charge in [-0.1, -0.05) is 52.0 Å². The van der Waals surface area contributed by atoms with Crippen molar-refractivity contribution in [3.05, 3.63) is 95.1 Å². The number of hydrogen-bond acceptors (Lipinski definition) is 10. The van der Waals surface area contributed by atoms with Crippen molar-refractivity contribution in [2.75, 3.05) is 0 Å². The number of carbonyl (C=O) groups excluding carboxylic acids is 8. The molecule has 0 saturated heterocycles. The summed E-state index contributed by atoms with van der Waals surface area (Å²) in [5.41, 5.74) is 3.82. The van der Waals surface area contributed by atoms with E-state index in [0.717, 1.165) is 13.1 Å². The summed E-state index contributed by atoms with van der Waals surface area (Å²) in [6.07, 6.45) is 5.46. The van der Waals surface area contributed by atoms with Crippen LogP contribution in [0.3, 0.4) is 0 Å². The molecule has 2 aromatic carbocycles. The number of nitrogens with one attached hydrogen (secondary N) is 10. The lowest BCUT2D eigenvalue weighted by atomic mass is 10.1. The van der Waals surface area contributed by atoms with Crippen LogP contribution in [0, 0.1) is 0 Å². The largest absolute Gasteiger partial charge is 0.354 e. The number of carbonyl (C=O) groups is 8. The zero-order valence-corrected chi connectivity index (χ0v) is 49.8. The Labute approximate surface area is 457 Å². The van der Waals surface area contributed by atoms with Gasteiger partial charge >= 0.3 is 0 Å². The van der Waals surface area contributed by atoms with Crippen LogP contribution in [0.5, 0.6) is 0 Å². The summed E-state index contributed by atoms with van der Waals surface area (Å²) >= 11 is 0. The smallest absolute Gasteiger partial charge is 0.251 e. The van der Waals surface area contributed by atoms with Crippen molar-refractivity contribution in [3.8, 4) is 0 Å². The van der Waals surface area contributed by atoms with Crippen LogP contribution in [-0.2, 0) is 41.9 Å². The van der Waals surface area contributed by atoms with E-state index in [1.807, 2.05) is 111 Å². The molecular formula is C58H100N10O8. The van der Waals surface area contributed by atoms with E-state index in [2.05, 4.69) is 105 Å². The maximum absolute atomic E-state index is 11.7. The van der Waals surface area contributed by atoms with Crippen molar-refractivity contribution >= 4 is 47.3 Å². The lowest BCUT2D eigenvalue weighted by molar-refractivity contribution is -0.127. The Morgan fingerprint density at radius 3 is 0.697 bits per heavy atom. The molecule has 2 rings (SSSR count). The second-order valence-electron chi connectivity index (χ2n) is 21.0. The first-order valence-corrected chi connectivity index (χ1v) is 26.7. The summed E-state index contributed by atoms with van der Waals surface area (Å²) < 4.78 is 0. The van der Waals surface area contributed by atoms with Crippen molar-refractivity contribution in [1.29, 1.82) is 0 Å². The molecule has 0 aliphatic rings. The highest BCUT2D eigenvalue weighted by Gasteiger charge is 2.11. The van der Waals surface area contributed by atoms with Crippen LogP contribution < -0.4 is 53.2 Å². The van der Waals surface area contributed by atoms with Crippen molar-refractivity contribution in [2.24, 2.45) is 0 Å². The van der Waals surface area contributed by atoms with Gasteiger partial charge in [0.2, 0.25) is 35.4 Å². The van der Waals surface area contributed by atoms with Crippen molar-refractivity contribution in [3.63, 3.8) is 0 Å². The quantitative estimate of drug-likeness (QED) is 0.0531. The first-order valence-electron chi connectivity index (χ1n) is 26.7. The molecule has 2 aromatic rings. The first kappa shape index (κ1) is 73.8. The van der Waals surface area contributed by atoms with Crippen LogP contribution in [0.2, 0.25) is 0 Å². The molecule has 0 saturated carbocycles. The van der Waals surface area contributed by atoms with Gasteiger partial charge < -0.3 is 53.2 Å². The third-order valence-electron chi connectivity index (χ3n) is 8.68. The first-order chi connectivity index (χ1) is 35.2. The fraction of sp³-hybridized carbons (Fsp3) is 0.586. The van der Waals surface area contributed by atoms with Gasteiger partial charge in [-0.25, -0.2) is 0 Å². The van der Waals surface area contributed by atoms with Crippen molar-refractivity contribution in [1.82, 2.24) is 53.2 Å². The van der Waals surface area contributed by atoms with Gasteiger partial charge in [0.1, 0.15) is 0 Å². The van der Waals surface area contributed by atoms with E-state index in [4.69, 9.17) is 0 Å². The molecule has 430 valence electrons. The number of hydrogen-bond donors (Lipinski definition) is 10. The molecule has 0 aromatic heterocycles.